The van der Waals surface area contributed by atoms with Crippen LogP contribution in [0.15, 0.2) is 24.3 Å². The number of benzene rings is 1. The monoisotopic (exact) mass is 434 g/mol. The molecule has 31 heavy (non-hydrogen) atoms. The van der Waals surface area contributed by atoms with Crippen LogP contribution in [0.2, 0.25) is 0 Å². The normalized spacial score (nSPS) is 33.8. The lowest BCUT2D eigenvalue weighted by Crippen LogP contribution is -2.40. The lowest BCUT2D eigenvalue weighted by atomic mass is 9.59. The molecule has 3 saturated carbocycles. The van der Waals surface area contributed by atoms with Gasteiger partial charge in [-0.15, -0.1) is 0 Å². The van der Waals surface area contributed by atoms with Gasteiger partial charge in [0.05, 0.1) is 5.92 Å². The van der Waals surface area contributed by atoms with E-state index >= 15 is 0 Å². The van der Waals surface area contributed by atoms with Gasteiger partial charge in [-0.3, -0.25) is 4.79 Å². The minimum atomic E-state index is -1.55. The predicted octanol–water partition coefficient (Wildman–Crippen LogP) is 7.22. The van der Waals surface area contributed by atoms with Gasteiger partial charge in [0.2, 0.25) is 0 Å². The number of allylic oxidation sites excluding steroid dienone is 2. The second kappa shape index (κ2) is 9.79. The summed E-state index contributed by atoms with van der Waals surface area (Å²) in [4.78, 5) is 12.8. The van der Waals surface area contributed by atoms with Crippen molar-refractivity contribution in [2.45, 2.75) is 71.1 Å². The molecule has 0 bridgehead atoms. The van der Waals surface area contributed by atoms with Crippen LogP contribution in [0.4, 0.5) is 13.2 Å². The summed E-state index contributed by atoms with van der Waals surface area (Å²) >= 11 is 0. The largest absolute Gasteiger partial charge is 0.426 e. The van der Waals surface area contributed by atoms with Gasteiger partial charge >= 0.3 is 5.97 Å². The first-order chi connectivity index (χ1) is 15.0. The van der Waals surface area contributed by atoms with E-state index in [1.807, 2.05) is 0 Å². The van der Waals surface area contributed by atoms with E-state index in [1.54, 1.807) is 0 Å². The molecular formula is C26H33F3O2. The van der Waals surface area contributed by atoms with Crippen LogP contribution in [-0.2, 0) is 4.79 Å². The van der Waals surface area contributed by atoms with Gasteiger partial charge in [-0.25, -0.2) is 13.2 Å². The van der Waals surface area contributed by atoms with Crippen molar-refractivity contribution in [3.05, 3.63) is 41.7 Å². The first-order valence-corrected chi connectivity index (χ1v) is 11.9. The SMILES string of the molecule is C/C=C/C1CCC(C2CCC3C(CCCC3C(=O)Oc3cc(F)c(F)c(F)c3)C2)CC1. The highest BCUT2D eigenvalue weighted by Crippen LogP contribution is 2.50. The number of halogens is 3. The molecule has 0 aliphatic heterocycles. The van der Waals surface area contributed by atoms with Gasteiger partial charge in [0.15, 0.2) is 17.5 Å². The third-order valence-electron chi connectivity index (χ3n) is 8.11. The zero-order chi connectivity index (χ0) is 22.0. The molecule has 1 aromatic rings. The topological polar surface area (TPSA) is 26.3 Å². The fraction of sp³-hybridized carbons (Fsp3) is 0.654. The van der Waals surface area contributed by atoms with Crippen molar-refractivity contribution in [3.8, 4) is 5.75 Å². The number of carbonyl (C=O) groups is 1. The lowest BCUT2D eigenvalue weighted by molar-refractivity contribution is -0.144. The fourth-order valence-electron chi connectivity index (χ4n) is 6.58. The number of hydrogen-bond acceptors (Lipinski definition) is 2. The molecule has 0 aromatic heterocycles. The summed E-state index contributed by atoms with van der Waals surface area (Å²) in [5, 5.41) is 0. The highest BCUT2D eigenvalue weighted by atomic mass is 19.2. The van der Waals surface area contributed by atoms with Crippen LogP contribution in [0, 0.1) is 53.0 Å². The maximum absolute atomic E-state index is 13.5. The molecule has 1 aromatic carbocycles. The molecule has 3 aliphatic carbocycles. The molecule has 0 radical (unpaired) electrons. The Balaban J connectivity index is 1.36. The Kier molecular flexibility index (Phi) is 7.08. The lowest BCUT2D eigenvalue weighted by Gasteiger charge is -2.45. The van der Waals surface area contributed by atoms with Crippen molar-refractivity contribution in [1.82, 2.24) is 0 Å². The third-order valence-corrected chi connectivity index (χ3v) is 8.11. The second-order valence-corrected chi connectivity index (χ2v) is 9.86. The summed E-state index contributed by atoms with van der Waals surface area (Å²) in [7, 11) is 0. The van der Waals surface area contributed by atoms with E-state index in [-0.39, 0.29) is 17.6 Å². The number of fused-ring (bicyclic) bond motifs is 1. The van der Waals surface area contributed by atoms with Gasteiger partial charge in [0.1, 0.15) is 5.75 Å². The summed E-state index contributed by atoms with van der Waals surface area (Å²) in [6, 6.07) is 1.50. The minimum Gasteiger partial charge on any atom is -0.426 e. The van der Waals surface area contributed by atoms with Crippen LogP contribution >= 0.6 is 0 Å². The van der Waals surface area contributed by atoms with E-state index in [9.17, 15) is 18.0 Å². The molecule has 2 nitrogen and oxygen atoms in total. The van der Waals surface area contributed by atoms with Crippen molar-refractivity contribution >= 4 is 5.97 Å². The van der Waals surface area contributed by atoms with E-state index in [4.69, 9.17) is 4.74 Å². The average Bonchev–Trinajstić information content (AvgIpc) is 2.77. The molecule has 4 unspecified atom stereocenters. The summed E-state index contributed by atoms with van der Waals surface area (Å²) < 4.78 is 45.4. The average molecular weight is 435 g/mol. The second-order valence-electron chi connectivity index (χ2n) is 9.86. The number of carbonyl (C=O) groups excluding carboxylic acids is 1. The molecule has 0 spiro atoms. The van der Waals surface area contributed by atoms with Gasteiger partial charge < -0.3 is 4.74 Å². The predicted molar refractivity (Wildman–Crippen MR) is 114 cm³/mol. The van der Waals surface area contributed by atoms with Gasteiger partial charge in [-0.1, -0.05) is 25.0 Å². The molecule has 0 heterocycles. The van der Waals surface area contributed by atoms with E-state index < -0.39 is 23.4 Å². The van der Waals surface area contributed by atoms with Crippen LogP contribution in [0.25, 0.3) is 0 Å². The number of hydrogen-bond donors (Lipinski definition) is 0. The molecule has 4 rings (SSSR count). The van der Waals surface area contributed by atoms with E-state index in [1.165, 1.54) is 32.1 Å². The molecule has 0 N–H and O–H groups in total. The maximum atomic E-state index is 13.5. The molecule has 3 fully saturated rings. The first-order valence-electron chi connectivity index (χ1n) is 11.9. The Bertz CT molecular complexity index is 790. The summed E-state index contributed by atoms with van der Waals surface area (Å²) in [6.45, 7) is 2.10. The van der Waals surface area contributed by atoms with Gasteiger partial charge in [-0.2, -0.15) is 0 Å². The molecule has 0 saturated heterocycles. The van der Waals surface area contributed by atoms with Crippen molar-refractivity contribution in [1.29, 1.82) is 0 Å². The summed E-state index contributed by atoms with van der Waals surface area (Å²) in [5.41, 5.74) is 0. The number of ether oxygens (including phenoxy) is 1. The molecule has 3 aliphatic rings. The third kappa shape index (κ3) is 5.01. The van der Waals surface area contributed by atoms with Crippen molar-refractivity contribution in [3.63, 3.8) is 0 Å². The minimum absolute atomic E-state index is 0.235. The summed E-state index contributed by atoms with van der Waals surface area (Å²) in [6.07, 6.45) is 16.0. The molecular weight excluding hydrogens is 401 g/mol. The highest BCUT2D eigenvalue weighted by molar-refractivity contribution is 5.75. The van der Waals surface area contributed by atoms with Gasteiger partial charge in [0, 0.05) is 12.1 Å². The Hall–Kier alpha value is -1.78. The van der Waals surface area contributed by atoms with Gasteiger partial charge in [0.25, 0.3) is 0 Å². The highest BCUT2D eigenvalue weighted by Gasteiger charge is 2.43. The van der Waals surface area contributed by atoms with Crippen LogP contribution in [0.5, 0.6) is 5.75 Å². The molecule has 5 heteroatoms. The molecule has 0 amide bonds. The van der Waals surface area contributed by atoms with Crippen LogP contribution in [0.3, 0.4) is 0 Å². The van der Waals surface area contributed by atoms with E-state index in [0.29, 0.717) is 5.92 Å². The van der Waals surface area contributed by atoms with Crippen molar-refractivity contribution in [2.24, 2.45) is 35.5 Å². The number of esters is 1. The standard InChI is InChI=1S/C26H33F3O2/c1-2-4-16-7-9-17(10-8-16)18-11-12-21-19(13-18)5-3-6-22(21)26(30)31-20-14-23(27)25(29)24(28)15-20/h2,4,14-19,21-22H,3,5-13H2,1H3/b4-2+. The number of rotatable bonds is 4. The Morgan fingerprint density at radius 3 is 2.26 bits per heavy atom. The zero-order valence-corrected chi connectivity index (χ0v) is 18.3. The smallest absolute Gasteiger partial charge is 0.314 e. The van der Waals surface area contributed by atoms with Gasteiger partial charge in [-0.05, 0) is 87.9 Å². The van der Waals surface area contributed by atoms with E-state index in [2.05, 4.69) is 19.1 Å². The Morgan fingerprint density at radius 1 is 0.903 bits per heavy atom. The fourth-order valence-corrected chi connectivity index (χ4v) is 6.58. The molecule has 170 valence electrons. The zero-order valence-electron chi connectivity index (χ0n) is 18.3. The van der Waals surface area contributed by atoms with Crippen molar-refractivity contribution < 1.29 is 22.7 Å². The molecule has 4 atom stereocenters. The van der Waals surface area contributed by atoms with Crippen LogP contribution in [-0.4, -0.2) is 5.97 Å². The van der Waals surface area contributed by atoms with Crippen molar-refractivity contribution in [2.75, 3.05) is 0 Å². The quantitative estimate of drug-likeness (QED) is 0.216. The first kappa shape index (κ1) is 22.4. The van der Waals surface area contributed by atoms with Crippen LogP contribution < -0.4 is 4.74 Å². The Morgan fingerprint density at radius 2 is 1.58 bits per heavy atom. The van der Waals surface area contributed by atoms with Crippen LogP contribution in [0.1, 0.15) is 71.1 Å². The maximum Gasteiger partial charge on any atom is 0.314 e. The van der Waals surface area contributed by atoms with E-state index in [0.717, 1.165) is 62.0 Å². The Labute approximate surface area is 183 Å². The summed E-state index contributed by atoms with van der Waals surface area (Å²) in [5.74, 6) is -2.03.